The molecule has 0 radical (unpaired) electrons. The van der Waals surface area contributed by atoms with E-state index < -0.39 is 0 Å². The summed E-state index contributed by atoms with van der Waals surface area (Å²) < 4.78 is 5.34. The lowest BCUT2D eigenvalue weighted by Crippen LogP contribution is -2.36. The number of carbonyl (C=O) groups is 2. The number of ether oxygens (including phenoxy) is 1. The lowest BCUT2D eigenvalue weighted by molar-refractivity contribution is -0.128. The van der Waals surface area contributed by atoms with Gasteiger partial charge in [0.05, 0.1) is 31.0 Å². The van der Waals surface area contributed by atoms with E-state index in [2.05, 4.69) is 15.2 Å². The Balaban J connectivity index is 1.34. The highest BCUT2D eigenvalue weighted by atomic mass is 16.5. The lowest BCUT2D eigenvalue weighted by Gasteiger charge is -2.27. The first-order valence-electron chi connectivity index (χ1n) is 8.60. The number of pyridine rings is 1. The molecular weight excluding hydrogens is 308 g/mol. The average molecular weight is 330 g/mol. The van der Waals surface area contributed by atoms with Gasteiger partial charge in [-0.1, -0.05) is 0 Å². The van der Waals surface area contributed by atoms with Crippen LogP contribution in [-0.4, -0.2) is 60.6 Å². The molecular formula is C17H22N4O3. The SMILES string of the molecule is O=C(Nc1ccc(N2CCOCC2)nc1)[C@H]1CC(=O)N(C2CC2)C1. The van der Waals surface area contributed by atoms with Crippen molar-refractivity contribution >= 4 is 23.3 Å². The minimum Gasteiger partial charge on any atom is -0.378 e. The van der Waals surface area contributed by atoms with E-state index in [0.29, 0.717) is 37.9 Å². The van der Waals surface area contributed by atoms with Gasteiger partial charge in [-0.05, 0) is 25.0 Å². The molecule has 1 saturated carbocycles. The fraction of sp³-hybridized carbons (Fsp3) is 0.588. The molecule has 0 unspecified atom stereocenters. The molecule has 3 fully saturated rings. The van der Waals surface area contributed by atoms with Crippen molar-refractivity contribution in [1.29, 1.82) is 0 Å². The topological polar surface area (TPSA) is 74.8 Å². The number of morpholine rings is 1. The second-order valence-electron chi connectivity index (χ2n) is 6.67. The normalized spacial score (nSPS) is 24.3. The first kappa shape index (κ1) is 15.4. The van der Waals surface area contributed by atoms with Gasteiger partial charge in [0.15, 0.2) is 0 Å². The molecule has 3 aliphatic rings. The summed E-state index contributed by atoms with van der Waals surface area (Å²) in [6, 6.07) is 4.16. The van der Waals surface area contributed by atoms with Gasteiger partial charge >= 0.3 is 0 Å². The molecule has 4 rings (SSSR count). The number of aromatic nitrogens is 1. The first-order valence-corrected chi connectivity index (χ1v) is 8.60. The number of anilines is 2. The molecule has 2 aliphatic heterocycles. The van der Waals surface area contributed by atoms with Crippen LogP contribution in [-0.2, 0) is 14.3 Å². The predicted octanol–water partition coefficient (Wildman–Crippen LogP) is 0.868. The van der Waals surface area contributed by atoms with Crippen LogP contribution in [0.3, 0.4) is 0 Å². The number of nitrogens with one attached hydrogen (secondary N) is 1. The van der Waals surface area contributed by atoms with Crippen molar-refractivity contribution in [3.05, 3.63) is 18.3 Å². The van der Waals surface area contributed by atoms with Crippen LogP contribution < -0.4 is 10.2 Å². The molecule has 24 heavy (non-hydrogen) atoms. The highest BCUT2D eigenvalue weighted by Gasteiger charge is 2.41. The third-order valence-electron chi connectivity index (χ3n) is 4.87. The minimum atomic E-state index is -0.253. The predicted molar refractivity (Wildman–Crippen MR) is 88.7 cm³/mol. The second-order valence-corrected chi connectivity index (χ2v) is 6.67. The molecule has 7 nitrogen and oxygen atoms in total. The quantitative estimate of drug-likeness (QED) is 0.886. The molecule has 0 spiro atoms. The maximum atomic E-state index is 12.4. The van der Waals surface area contributed by atoms with Crippen molar-refractivity contribution in [2.24, 2.45) is 5.92 Å². The molecule has 1 aliphatic carbocycles. The van der Waals surface area contributed by atoms with Gasteiger partial charge in [0.1, 0.15) is 5.82 Å². The standard InChI is InChI=1S/C17H22N4O3/c22-16-9-12(11-21(16)14-2-3-14)17(23)19-13-1-4-15(18-10-13)20-5-7-24-8-6-20/h1,4,10,12,14H,2-3,5-9,11H2,(H,19,23)/t12-/m0/s1. The molecule has 2 saturated heterocycles. The van der Waals surface area contributed by atoms with E-state index in [4.69, 9.17) is 4.74 Å². The van der Waals surface area contributed by atoms with E-state index in [1.54, 1.807) is 6.20 Å². The molecule has 0 aromatic carbocycles. The van der Waals surface area contributed by atoms with Crippen LogP contribution in [0.5, 0.6) is 0 Å². The van der Waals surface area contributed by atoms with Crippen molar-refractivity contribution in [2.75, 3.05) is 43.1 Å². The van der Waals surface area contributed by atoms with Crippen LogP contribution in [0.1, 0.15) is 19.3 Å². The first-order chi connectivity index (χ1) is 11.7. The van der Waals surface area contributed by atoms with Gasteiger partial charge in [-0.3, -0.25) is 9.59 Å². The number of hydrogen-bond acceptors (Lipinski definition) is 5. The Labute approximate surface area is 141 Å². The van der Waals surface area contributed by atoms with E-state index in [1.807, 2.05) is 17.0 Å². The van der Waals surface area contributed by atoms with Crippen LogP contribution in [0, 0.1) is 5.92 Å². The monoisotopic (exact) mass is 330 g/mol. The minimum absolute atomic E-state index is 0.0903. The lowest BCUT2D eigenvalue weighted by atomic mass is 10.1. The smallest absolute Gasteiger partial charge is 0.229 e. The third-order valence-corrected chi connectivity index (χ3v) is 4.87. The maximum Gasteiger partial charge on any atom is 0.229 e. The number of carbonyl (C=O) groups excluding carboxylic acids is 2. The van der Waals surface area contributed by atoms with Gasteiger partial charge < -0.3 is 19.9 Å². The molecule has 1 N–H and O–H groups in total. The Bertz CT molecular complexity index is 623. The zero-order valence-corrected chi connectivity index (χ0v) is 13.6. The molecule has 7 heteroatoms. The van der Waals surface area contributed by atoms with Gasteiger partial charge in [0.2, 0.25) is 11.8 Å². The number of nitrogens with zero attached hydrogens (tertiary/aromatic N) is 3. The summed E-state index contributed by atoms with van der Waals surface area (Å²) in [6.45, 7) is 3.65. The van der Waals surface area contributed by atoms with Crippen LogP contribution in [0.2, 0.25) is 0 Å². The van der Waals surface area contributed by atoms with Gasteiger partial charge in [-0.2, -0.15) is 0 Å². The van der Waals surface area contributed by atoms with E-state index in [-0.39, 0.29) is 17.7 Å². The Hall–Kier alpha value is -2.15. The summed E-state index contributed by atoms with van der Waals surface area (Å²) in [5, 5.41) is 2.89. The summed E-state index contributed by atoms with van der Waals surface area (Å²) in [4.78, 5) is 32.8. The highest BCUT2D eigenvalue weighted by Crippen LogP contribution is 2.33. The Morgan fingerprint density at radius 1 is 1.25 bits per heavy atom. The van der Waals surface area contributed by atoms with E-state index in [1.165, 1.54) is 0 Å². The van der Waals surface area contributed by atoms with E-state index in [0.717, 1.165) is 31.7 Å². The molecule has 1 atom stereocenters. The molecule has 1 aromatic rings. The van der Waals surface area contributed by atoms with Gasteiger partial charge in [0.25, 0.3) is 0 Å². The van der Waals surface area contributed by atoms with Gasteiger partial charge in [0, 0.05) is 32.1 Å². The summed E-state index contributed by atoms with van der Waals surface area (Å²) >= 11 is 0. The van der Waals surface area contributed by atoms with Crippen molar-refractivity contribution in [1.82, 2.24) is 9.88 Å². The molecule has 2 amide bonds. The fourth-order valence-electron chi connectivity index (χ4n) is 3.33. The number of hydrogen-bond donors (Lipinski definition) is 1. The highest BCUT2D eigenvalue weighted by molar-refractivity contribution is 5.97. The Kier molecular flexibility index (Phi) is 4.10. The second kappa shape index (κ2) is 6.39. The average Bonchev–Trinajstić information content (AvgIpc) is 3.38. The molecule has 128 valence electrons. The molecule has 1 aromatic heterocycles. The summed E-state index contributed by atoms with van der Waals surface area (Å²) in [5.74, 6) is 0.662. The number of likely N-dealkylation sites (tertiary alicyclic amines) is 1. The maximum absolute atomic E-state index is 12.4. The van der Waals surface area contributed by atoms with Crippen molar-refractivity contribution in [3.63, 3.8) is 0 Å². The summed E-state index contributed by atoms with van der Waals surface area (Å²) in [7, 11) is 0. The molecule has 3 heterocycles. The number of amides is 2. The van der Waals surface area contributed by atoms with Crippen molar-refractivity contribution in [2.45, 2.75) is 25.3 Å². The van der Waals surface area contributed by atoms with Crippen LogP contribution >= 0.6 is 0 Å². The molecule has 0 bridgehead atoms. The third kappa shape index (κ3) is 3.21. The Morgan fingerprint density at radius 3 is 2.71 bits per heavy atom. The van der Waals surface area contributed by atoms with Crippen molar-refractivity contribution in [3.8, 4) is 0 Å². The fourth-order valence-corrected chi connectivity index (χ4v) is 3.33. The van der Waals surface area contributed by atoms with Gasteiger partial charge in [-0.25, -0.2) is 4.98 Å². The van der Waals surface area contributed by atoms with E-state index in [9.17, 15) is 9.59 Å². The number of rotatable bonds is 4. The van der Waals surface area contributed by atoms with Crippen LogP contribution in [0.15, 0.2) is 18.3 Å². The van der Waals surface area contributed by atoms with Crippen molar-refractivity contribution < 1.29 is 14.3 Å². The largest absolute Gasteiger partial charge is 0.378 e. The summed E-state index contributed by atoms with van der Waals surface area (Å²) in [6.07, 6.45) is 4.15. The van der Waals surface area contributed by atoms with Crippen LogP contribution in [0.25, 0.3) is 0 Å². The van der Waals surface area contributed by atoms with Crippen LogP contribution in [0.4, 0.5) is 11.5 Å². The Morgan fingerprint density at radius 2 is 2.04 bits per heavy atom. The van der Waals surface area contributed by atoms with E-state index >= 15 is 0 Å². The zero-order chi connectivity index (χ0) is 16.5. The van der Waals surface area contributed by atoms with Gasteiger partial charge in [-0.15, -0.1) is 0 Å². The zero-order valence-electron chi connectivity index (χ0n) is 13.6. The summed E-state index contributed by atoms with van der Waals surface area (Å²) in [5.41, 5.74) is 0.675.